The molecule has 30 heavy (non-hydrogen) atoms. The van der Waals surface area contributed by atoms with Crippen LogP contribution in [0, 0.1) is 5.41 Å². The second-order valence-electron chi connectivity index (χ2n) is 9.21. The summed E-state index contributed by atoms with van der Waals surface area (Å²) in [5.41, 5.74) is 7.47. The zero-order valence-electron chi connectivity index (χ0n) is 18.0. The van der Waals surface area contributed by atoms with Crippen molar-refractivity contribution in [1.82, 2.24) is 4.90 Å². The van der Waals surface area contributed by atoms with Crippen LogP contribution in [0.1, 0.15) is 39.2 Å². The molecule has 1 amide bonds. The highest BCUT2D eigenvalue weighted by Crippen LogP contribution is 2.34. The van der Waals surface area contributed by atoms with E-state index in [-0.39, 0.29) is 36.4 Å². The number of benzene rings is 1. The minimum absolute atomic E-state index is 0.00832. The highest BCUT2D eigenvalue weighted by Gasteiger charge is 2.40. The van der Waals surface area contributed by atoms with Crippen LogP contribution in [0.25, 0.3) is 0 Å². The maximum Gasteiger partial charge on any atom is 0.414 e. The van der Waals surface area contributed by atoms with E-state index in [2.05, 4.69) is 25.7 Å². The number of piperidine rings is 1. The first-order valence-electron chi connectivity index (χ1n) is 10.5. The van der Waals surface area contributed by atoms with E-state index in [9.17, 15) is 9.59 Å². The van der Waals surface area contributed by atoms with Crippen LogP contribution < -0.4 is 10.6 Å². The van der Waals surface area contributed by atoms with Gasteiger partial charge in [0.15, 0.2) is 0 Å². The number of hydrogen-bond acceptors (Lipinski definition) is 6. The van der Waals surface area contributed by atoms with E-state index in [1.807, 2.05) is 24.3 Å². The summed E-state index contributed by atoms with van der Waals surface area (Å²) in [5.74, 6) is -0.942. The monoisotopic (exact) mass is 419 g/mol. The first-order valence-corrected chi connectivity index (χ1v) is 10.5. The zero-order chi connectivity index (χ0) is 21.9. The van der Waals surface area contributed by atoms with Gasteiger partial charge in [0.05, 0.1) is 12.6 Å². The second kappa shape index (κ2) is 9.32. The Morgan fingerprint density at radius 1 is 1.30 bits per heavy atom. The van der Waals surface area contributed by atoms with E-state index >= 15 is 0 Å². The predicted molar refractivity (Wildman–Crippen MR) is 113 cm³/mol. The van der Waals surface area contributed by atoms with Crippen LogP contribution in [0.15, 0.2) is 24.3 Å². The quantitative estimate of drug-likeness (QED) is 0.699. The van der Waals surface area contributed by atoms with Gasteiger partial charge in [-0.15, -0.1) is 0 Å². The first-order chi connectivity index (χ1) is 14.2. The molecular formula is C22H33N3O5. The van der Waals surface area contributed by atoms with E-state index < -0.39 is 5.97 Å². The number of nitrogens with two attached hydrogens (primary N) is 1. The number of aliphatic carboxylic acids is 1. The molecule has 2 heterocycles. The van der Waals surface area contributed by atoms with E-state index in [4.69, 9.17) is 20.3 Å². The standard InChI is InChI=1S/C22H33N3O5/c1-22(2,3)19-10-17(29-14-20(26)27)8-9-24(19)12-18-13-25(21(28)30-18)16-6-4-15(11-23)5-7-16/h4-7,17-19H,8-14,23H2,1-3H3,(H,26,27). The number of carboxylic acid groups (broad SMARTS) is 1. The number of anilines is 1. The van der Waals surface area contributed by atoms with Crippen molar-refractivity contribution in [2.45, 2.75) is 58.4 Å². The van der Waals surface area contributed by atoms with Crippen LogP contribution in [0.4, 0.5) is 10.5 Å². The molecule has 2 aliphatic heterocycles. The summed E-state index contributed by atoms with van der Waals surface area (Å²) in [5, 5.41) is 8.89. The summed E-state index contributed by atoms with van der Waals surface area (Å²) in [7, 11) is 0. The maximum absolute atomic E-state index is 12.4. The topological polar surface area (TPSA) is 105 Å². The van der Waals surface area contributed by atoms with E-state index in [1.165, 1.54) is 0 Å². The van der Waals surface area contributed by atoms with Crippen LogP contribution in [0.5, 0.6) is 0 Å². The molecule has 1 aromatic carbocycles. The van der Waals surface area contributed by atoms with E-state index in [0.717, 1.165) is 30.6 Å². The maximum atomic E-state index is 12.4. The molecule has 166 valence electrons. The molecule has 0 radical (unpaired) electrons. The molecule has 8 nitrogen and oxygen atoms in total. The summed E-state index contributed by atoms with van der Waals surface area (Å²) in [6.07, 6.45) is 0.928. The third-order valence-corrected chi connectivity index (χ3v) is 5.90. The number of amides is 1. The SMILES string of the molecule is CC(C)(C)C1CC(OCC(=O)O)CCN1CC1CN(c2ccc(CN)cc2)C(=O)O1. The lowest BCUT2D eigenvalue weighted by Gasteiger charge is -2.46. The van der Waals surface area contributed by atoms with E-state index in [1.54, 1.807) is 4.90 Å². The lowest BCUT2D eigenvalue weighted by molar-refractivity contribution is -0.146. The Balaban J connectivity index is 1.62. The Morgan fingerprint density at radius 2 is 2.00 bits per heavy atom. The summed E-state index contributed by atoms with van der Waals surface area (Å²) < 4.78 is 11.2. The van der Waals surface area contributed by atoms with Crippen molar-refractivity contribution in [1.29, 1.82) is 0 Å². The van der Waals surface area contributed by atoms with Crippen molar-refractivity contribution in [3.8, 4) is 0 Å². The number of carbonyl (C=O) groups excluding carboxylic acids is 1. The lowest BCUT2D eigenvalue weighted by atomic mass is 9.79. The van der Waals surface area contributed by atoms with Gasteiger partial charge in [0.2, 0.25) is 0 Å². The summed E-state index contributed by atoms with van der Waals surface area (Å²) >= 11 is 0. The highest BCUT2D eigenvalue weighted by atomic mass is 16.6. The third-order valence-electron chi connectivity index (χ3n) is 5.90. The smallest absolute Gasteiger partial charge is 0.414 e. The van der Waals surface area contributed by atoms with Gasteiger partial charge in [-0.2, -0.15) is 0 Å². The molecule has 3 N–H and O–H groups in total. The molecule has 8 heteroatoms. The highest BCUT2D eigenvalue weighted by molar-refractivity contribution is 5.89. The zero-order valence-corrected chi connectivity index (χ0v) is 18.0. The summed E-state index contributed by atoms with van der Waals surface area (Å²) in [6, 6.07) is 7.85. The van der Waals surface area contributed by atoms with Gasteiger partial charge >= 0.3 is 12.1 Å². The Bertz CT molecular complexity index is 746. The fourth-order valence-electron chi connectivity index (χ4n) is 4.34. The molecule has 3 atom stereocenters. The number of cyclic esters (lactones) is 1. The van der Waals surface area contributed by atoms with Gasteiger partial charge in [-0.05, 0) is 36.0 Å². The van der Waals surface area contributed by atoms with Crippen LogP contribution >= 0.6 is 0 Å². The molecule has 3 unspecified atom stereocenters. The number of rotatable bonds is 7. The van der Waals surface area contributed by atoms with Crippen molar-refractivity contribution in [2.24, 2.45) is 11.1 Å². The molecule has 0 aromatic heterocycles. The summed E-state index contributed by atoms with van der Waals surface area (Å²) in [4.78, 5) is 27.3. The number of nitrogens with zero attached hydrogens (tertiary/aromatic N) is 2. The normalized spacial score (nSPS) is 25.4. The number of hydrogen-bond donors (Lipinski definition) is 2. The molecule has 2 saturated heterocycles. The van der Waals surface area contributed by atoms with Crippen molar-refractivity contribution in [3.05, 3.63) is 29.8 Å². The van der Waals surface area contributed by atoms with Gasteiger partial charge in [-0.3, -0.25) is 9.80 Å². The Morgan fingerprint density at radius 3 is 2.60 bits per heavy atom. The largest absolute Gasteiger partial charge is 0.480 e. The Labute approximate surface area is 177 Å². The lowest BCUT2D eigenvalue weighted by Crippen LogP contribution is -2.53. The molecule has 3 rings (SSSR count). The van der Waals surface area contributed by atoms with Crippen LogP contribution in [0.2, 0.25) is 0 Å². The van der Waals surface area contributed by atoms with Gasteiger partial charge in [0.1, 0.15) is 12.7 Å². The first kappa shape index (κ1) is 22.5. The fraction of sp³-hybridized carbons (Fsp3) is 0.636. The molecule has 2 fully saturated rings. The predicted octanol–water partition coefficient (Wildman–Crippen LogP) is 2.45. The third kappa shape index (κ3) is 5.50. The van der Waals surface area contributed by atoms with Crippen LogP contribution in [-0.4, -0.2) is 66.6 Å². The second-order valence-corrected chi connectivity index (χ2v) is 9.21. The number of carbonyl (C=O) groups is 2. The van der Waals surface area contributed by atoms with Crippen molar-refractivity contribution < 1.29 is 24.2 Å². The molecule has 0 bridgehead atoms. The Hall–Kier alpha value is -2.16. The van der Waals surface area contributed by atoms with Gasteiger partial charge in [0, 0.05) is 31.4 Å². The molecule has 1 aromatic rings. The number of likely N-dealkylation sites (tertiary alicyclic amines) is 1. The minimum Gasteiger partial charge on any atom is -0.480 e. The fourth-order valence-corrected chi connectivity index (χ4v) is 4.34. The van der Waals surface area contributed by atoms with Gasteiger partial charge in [-0.1, -0.05) is 32.9 Å². The van der Waals surface area contributed by atoms with Gasteiger partial charge in [-0.25, -0.2) is 9.59 Å². The average molecular weight is 420 g/mol. The molecule has 0 aliphatic carbocycles. The van der Waals surface area contributed by atoms with Crippen LogP contribution in [0.3, 0.4) is 0 Å². The minimum atomic E-state index is -0.942. The average Bonchev–Trinajstić information content (AvgIpc) is 3.06. The van der Waals surface area contributed by atoms with E-state index in [0.29, 0.717) is 19.6 Å². The molecule has 2 aliphatic rings. The van der Waals surface area contributed by atoms with Crippen molar-refractivity contribution >= 4 is 17.7 Å². The van der Waals surface area contributed by atoms with Crippen molar-refractivity contribution in [2.75, 3.05) is 31.1 Å². The molecule has 0 spiro atoms. The van der Waals surface area contributed by atoms with Gasteiger partial charge < -0.3 is 20.3 Å². The van der Waals surface area contributed by atoms with Crippen molar-refractivity contribution in [3.63, 3.8) is 0 Å². The van der Waals surface area contributed by atoms with Crippen LogP contribution in [-0.2, 0) is 20.8 Å². The Kier molecular flexibility index (Phi) is 7.00. The summed E-state index contributed by atoms with van der Waals surface area (Å²) in [6.45, 7) is 8.67. The van der Waals surface area contributed by atoms with Gasteiger partial charge in [0.25, 0.3) is 0 Å². The number of carboxylic acids is 1. The number of ether oxygens (including phenoxy) is 2. The molecule has 0 saturated carbocycles. The molecular weight excluding hydrogens is 386 g/mol.